The van der Waals surface area contributed by atoms with Crippen molar-refractivity contribution < 1.29 is 0 Å². The first-order chi connectivity index (χ1) is 12.8. The Balaban J connectivity index is 1.33. The number of fused-ring (bicyclic) bond motifs is 1. The van der Waals surface area contributed by atoms with Gasteiger partial charge in [-0.15, -0.1) is 5.10 Å². The molecule has 1 fully saturated rings. The molecule has 1 N–H and O–H groups in total. The first-order valence-corrected chi connectivity index (χ1v) is 9.82. The Kier molecular flexibility index (Phi) is 3.90. The van der Waals surface area contributed by atoms with Gasteiger partial charge in [-0.3, -0.25) is 5.10 Å². The summed E-state index contributed by atoms with van der Waals surface area (Å²) < 4.78 is 1.88. The number of H-pyrrole nitrogens is 1. The molecule has 4 heterocycles. The van der Waals surface area contributed by atoms with Crippen molar-refractivity contribution in [3.8, 4) is 11.3 Å². The normalized spacial score (nSPS) is 15.8. The molecule has 5 rings (SSSR count). The van der Waals surface area contributed by atoms with Crippen LogP contribution in [0.2, 0.25) is 5.02 Å². The molecule has 1 aliphatic rings. The van der Waals surface area contributed by atoms with Crippen LogP contribution in [0, 0.1) is 0 Å². The molecule has 0 bridgehead atoms. The first kappa shape index (κ1) is 15.8. The predicted molar refractivity (Wildman–Crippen MR) is 104 cm³/mol. The Hall–Kier alpha value is -2.38. The van der Waals surface area contributed by atoms with Crippen LogP contribution in [0.15, 0.2) is 42.7 Å². The van der Waals surface area contributed by atoms with Gasteiger partial charge in [-0.05, 0) is 31.0 Å². The minimum Gasteiger partial charge on any atom is -0.347 e. The van der Waals surface area contributed by atoms with Gasteiger partial charge >= 0.3 is 0 Å². The van der Waals surface area contributed by atoms with E-state index in [2.05, 4.69) is 21.2 Å². The third-order valence-corrected chi connectivity index (χ3v) is 6.14. The van der Waals surface area contributed by atoms with Gasteiger partial charge in [0.1, 0.15) is 0 Å². The molecular weight excluding hydrogens is 368 g/mol. The molecule has 6 nitrogen and oxygen atoms in total. The highest BCUT2D eigenvalue weighted by molar-refractivity contribution is 7.20. The number of rotatable bonds is 3. The summed E-state index contributed by atoms with van der Waals surface area (Å²) in [6.07, 6.45) is 6.03. The molecule has 132 valence electrons. The van der Waals surface area contributed by atoms with Gasteiger partial charge < -0.3 is 4.90 Å². The average Bonchev–Trinajstić information content (AvgIpc) is 3.39. The summed E-state index contributed by atoms with van der Waals surface area (Å²) in [4.78, 5) is 7.99. The second-order valence-corrected chi connectivity index (χ2v) is 7.89. The van der Waals surface area contributed by atoms with Gasteiger partial charge in [0.15, 0.2) is 0 Å². The number of aromatic nitrogens is 5. The SMILES string of the molecule is Clc1ccc(-c2cn3nc(N4CCC(c5ccn[nH]5)CC4)sc3n2)cc1. The average molecular weight is 385 g/mol. The lowest BCUT2D eigenvalue weighted by Gasteiger charge is -2.30. The Morgan fingerprint density at radius 2 is 1.92 bits per heavy atom. The molecule has 0 amide bonds. The predicted octanol–water partition coefficient (Wildman–Crippen LogP) is 4.22. The van der Waals surface area contributed by atoms with Gasteiger partial charge in [-0.25, -0.2) is 9.50 Å². The first-order valence-electron chi connectivity index (χ1n) is 8.62. The van der Waals surface area contributed by atoms with Crippen molar-refractivity contribution in [1.29, 1.82) is 0 Å². The molecule has 0 unspecified atom stereocenters. The highest BCUT2D eigenvalue weighted by Gasteiger charge is 2.24. The molecule has 1 aromatic carbocycles. The number of aromatic amines is 1. The topological polar surface area (TPSA) is 62.1 Å². The van der Waals surface area contributed by atoms with Gasteiger partial charge in [0.25, 0.3) is 0 Å². The smallest absolute Gasteiger partial charge is 0.214 e. The van der Waals surface area contributed by atoms with Gasteiger partial charge in [0, 0.05) is 41.5 Å². The number of hydrogen-bond acceptors (Lipinski definition) is 5. The largest absolute Gasteiger partial charge is 0.347 e. The number of benzene rings is 1. The molecule has 26 heavy (non-hydrogen) atoms. The summed E-state index contributed by atoms with van der Waals surface area (Å²) in [7, 11) is 0. The third-order valence-electron chi connectivity index (χ3n) is 4.90. The number of hydrogen-bond donors (Lipinski definition) is 1. The van der Waals surface area contributed by atoms with E-state index in [4.69, 9.17) is 21.7 Å². The highest BCUT2D eigenvalue weighted by atomic mass is 35.5. The minimum atomic E-state index is 0.564. The summed E-state index contributed by atoms with van der Waals surface area (Å²) in [6, 6.07) is 9.81. The summed E-state index contributed by atoms with van der Waals surface area (Å²) in [5, 5.41) is 13.7. The molecule has 0 atom stereocenters. The maximum absolute atomic E-state index is 5.96. The lowest BCUT2D eigenvalue weighted by molar-refractivity contribution is 0.494. The lowest BCUT2D eigenvalue weighted by atomic mass is 9.94. The lowest BCUT2D eigenvalue weighted by Crippen LogP contribution is -2.33. The van der Waals surface area contributed by atoms with Crippen molar-refractivity contribution in [3.63, 3.8) is 0 Å². The Morgan fingerprint density at radius 3 is 2.62 bits per heavy atom. The molecule has 8 heteroatoms. The molecule has 1 aliphatic heterocycles. The van der Waals surface area contributed by atoms with Gasteiger partial charge in [-0.1, -0.05) is 35.1 Å². The Labute approximate surface area is 159 Å². The van der Waals surface area contributed by atoms with Crippen LogP contribution >= 0.6 is 22.9 Å². The summed E-state index contributed by atoms with van der Waals surface area (Å²) in [5.41, 5.74) is 3.21. The fourth-order valence-electron chi connectivity index (χ4n) is 3.45. The van der Waals surface area contributed by atoms with Crippen LogP contribution in [-0.4, -0.2) is 37.9 Å². The van der Waals surface area contributed by atoms with E-state index in [1.807, 2.05) is 41.2 Å². The number of anilines is 1. The minimum absolute atomic E-state index is 0.564. The third kappa shape index (κ3) is 2.87. The van der Waals surface area contributed by atoms with Crippen molar-refractivity contribution in [2.24, 2.45) is 0 Å². The summed E-state index contributed by atoms with van der Waals surface area (Å²) in [6.45, 7) is 2.01. The maximum Gasteiger partial charge on any atom is 0.214 e. The standard InChI is InChI=1S/C18H17ClN6S/c19-14-3-1-12(2-4-14)16-11-25-17(21-16)26-18(23-25)24-9-6-13(7-10-24)15-5-8-20-22-15/h1-5,8,11,13H,6-7,9-10H2,(H,20,22). The van der Waals surface area contributed by atoms with E-state index in [0.717, 1.165) is 52.3 Å². The van der Waals surface area contributed by atoms with Gasteiger partial charge in [-0.2, -0.15) is 5.10 Å². The number of nitrogens with one attached hydrogen (secondary N) is 1. The Morgan fingerprint density at radius 1 is 1.12 bits per heavy atom. The molecule has 0 radical (unpaired) electrons. The van der Waals surface area contributed by atoms with Crippen LogP contribution < -0.4 is 4.90 Å². The second-order valence-electron chi connectivity index (χ2n) is 6.52. The van der Waals surface area contributed by atoms with Crippen molar-refractivity contribution in [3.05, 3.63) is 53.4 Å². The van der Waals surface area contributed by atoms with E-state index in [0.29, 0.717) is 5.92 Å². The van der Waals surface area contributed by atoms with Crippen LogP contribution in [0.4, 0.5) is 5.13 Å². The number of halogens is 1. The zero-order valence-corrected chi connectivity index (χ0v) is 15.5. The fraction of sp³-hybridized carbons (Fsp3) is 0.278. The number of nitrogens with zero attached hydrogens (tertiary/aromatic N) is 5. The molecule has 0 spiro atoms. The van der Waals surface area contributed by atoms with E-state index in [-0.39, 0.29) is 0 Å². The molecule has 0 saturated carbocycles. The monoisotopic (exact) mass is 384 g/mol. The van der Waals surface area contributed by atoms with E-state index in [1.54, 1.807) is 11.3 Å². The van der Waals surface area contributed by atoms with Gasteiger partial charge in [0.05, 0.1) is 11.9 Å². The molecule has 4 aromatic rings. The van der Waals surface area contributed by atoms with Crippen molar-refractivity contribution in [1.82, 2.24) is 24.8 Å². The van der Waals surface area contributed by atoms with Crippen LogP contribution in [0.3, 0.4) is 0 Å². The van der Waals surface area contributed by atoms with E-state index in [9.17, 15) is 0 Å². The number of imidazole rings is 1. The van der Waals surface area contributed by atoms with E-state index < -0.39 is 0 Å². The molecule has 3 aromatic heterocycles. The van der Waals surface area contributed by atoms with Crippen LogP contribution in [-0.2, 0) is 0 Å². The van der Waals surface area contributed by atoms with Crippen LogP contribution in [0.25, 0.3) is 16.2 Å². The van der Waals surface area contributed by atoms with E-state index >= 15 is 0 Å². The zero-order valence-electron chi connectivity index (χ0n) is 14.0. The van der Waals surface area contributed by atoms with Crippen LogP contribution in [0.5, 0.6) is 0 Å². The van der Waals surface area contributed by atoms with Crippen molar-refractivity contribution in [2.45, 2.75) is 18.8 Å². The van der Waals surface area contributed by atoms with E-state index in [1.165, 1.54) is 5.69 Å². The Bertz CT molecular complexity index is 981. The van der Waals surface area contributed by atoms with Crippen LogP contribution in [0.1, 0.15) is 24.5 Å². The maximum atomic E-state index is 5.96. The fourth-order valence-corrected chi connectivity index (χ4v) is 4.51. The van der Waals surface area contributed by atoms with Crippen molar-refractivity contribution in [2.75, 3.05) is 18.0 Å². The highest BCUT2D eigenvalue weighted by Crippen LogP contribution is 2.32. The zero-order chi connectivity index (χ0) is 17.5. The van der Waals surface area contributed by atoms with Crippen molar-refractivity contribution >= 4 is 33.0 Å². The van der Waals surface area contributed by atoms with Gasteiger partial charge in [0.2, 0.25) is 10.1 Å². The quantitative estimate of drug-likeness (QED) is 0.574. The second kappa shape index (κ2) is 6.41. The number of piperidine rings is 1. The molecular formula is C18H17ClN6S. The summed E-state index contributed by atoms with van der Waals surface area (Å²) in [5.74, 6) is 0.564. The molecule has 0 aliphatic carbocycles. The molecule has 1 saturated heterocycles. The summed E-state index contributed by atoms with van der Waals surface area (Å²) >= 11 is 7.60.